The summed E-state index contributed by atoms with van der Waals surface area (Å²) >= 11 is 9.21. The van der Waals surface area contributed by atoms with Crippen molar-refractivity contribution in [1.29, 1.82) is 0 Å². The molecule has 0 aliphatic carbocycles. The first-order valence-corrected chi connectivity index (χ1v) is 5.51. The summed E-state index contributed by atoms with van der Waals surface area (Å²) in [5.41, 5.74) is 2.45. The molecule has 0 aromatic heterocycles. The lowest BCUT2D eigenvalue weighted by Crippen LogP contribution is -2.19. The molecule has 0 unspecified atom stereocenters. The van der Waals surface area contributed by atoms with E-state index in [1.54, 1.807) is 0 Å². The zero-order valence-electron chi connectivity index (χ0n) is 7.85. The van der Waals surface area contributed by atoms with Gasteiger partial charge >= 0.3 is 0 Å². The number of hydrogen-bond acceptors (Lipinski definition) is 1. The van der Waals surface area contributed by atoms with Crippen LogP contribution in [0.4, 0.5) is 5.69 Å². The zero-order chi connectivity index (χ0) is 9.84. The first-order valence-electron chi connectivity index (χ1n) is 4.18. The van der Waals surface area contributed by atoms with Gasteiger partial charge in [-0.15, -0.1) is 11.6 Å². The fraction of sp³-hybridized carbons (Fsp3) is 0.400. The maximum atomic E-state index is 5.67. The second-order valence-electron chi connectivity index (χ2n) is 3.07. The van der Waals surface area contributed by atoms with Crippen molar-refractivity contribution >= 4 is 33.2 Å². The van der Waals surface area contributed by atoms with E-state index < -0.39 is 0 Å². The Labute approximate surface area is 92.8 Å². The second kappa shape index (κ2) is 4.87. The van der Waals surface area contributed by atoms with Gasteiger partial charge in [-0.05, 0) is 40.5 Å². The molecule has 0 spiro atoms. The van der Waals surface area contributed by atoms with Gasteiger partial charge in [0.05, 0.1) is 5.69 Å². The Morgan fingerprint density at radius 2 is 2.15 bits per heavy atom. The van der Waals surface area contributed by atoms with Gasteiger partial charge in [0, 0.05) is 23.9 Å². The molecule has 1 aromatic carbocycles. The number of anilines is 1. The molecule has 0 aliphatic rings. The average Bonchev–Trinajstić information content (AvgIpc) is 2.04. The van der Waals surface area contributed by atoms with Crippen molar-refractivity contribution in [1.82, 2.24) is 0 Å². The van der Waals surface area contributed by atoms with Gasteiger partial charge in [0.25, 0.3) is 0 Å². The number of halogens is 2. The third kappa shape index (κ3) is 2.89. The van der Waals surface area contributed by atoms with Crippen LogP contribution in [0.15, 0.2) is 22.7 Å². The van der Waals surface area contributed by atoms with Crippen LogP contribution in [0, 0.1) is 6.92 Å². The smallest absolute Gasteiger partial charge is 0.0508 e. The van der Waals surface area contributed by atoms with Gasteiger partial charge in [-0.2, -0.15) is 0 Å². The summed E-state index contributed by atoms with van der Waals surface area (Å²) in [4.78, 5) is 2.14. The van der Waals surface area contributed by atoms with E-state index in [0.29, 0.717) is 5.88 Å². The van der Waals surface area contributed by atoms with Crippen molar-refractivity contribution in [2.45, 2.75) is 6.92 Å². The van der Waals surface area contributed by atoms with Crippen LogP contribution >= 0.6 is 27.5 Å². The van der Waals surface area contributed by atoms with Gasteiger partial charge in [-0.1, -0.05) is 6.07 Å². The van der Waals surface area contributed by atoms with Gasteiger partial charge in [0.15, 0.2) is 0 Å². The molecule has 0 bridgehead atoms. The average molecular weight is 263 g/mol. The van der Waals surface area contributed by atoms with Crippen LogP contribution in [-0.4, -0.2) is 19.5 Å². The highest BCUT2D eigenvalue weighted by molar-refractivity contribution is 9.10. The molecule has 0 saturated carbocycles. The lowest BCUT2D eigenvalue weighted by molar-refractivity contribution is 0.969. The minimum absolute atomic E-state index is 0.650. The maximum absolute atomic E-state index is 5.67. The van der Waals surface area contributed by atoms with Crippen LogP contribution in [0.3, 0.4) is 0 Å². The summed E-state index contributed by atoms with van der Waals surface area (Å²) in [5.74, 6) is 0.650. The van der Waals surface area contributed by atoms with Gasteiger partial charge in [-0.3, -0.25) is 0 Å². The van der Waals surface area contributed by atoms with Gasteiger partial charge in [0.2, 0.25) is 0 Å². The van der Waals surface area contributed by atoms with Crippen LogP contribution in [0.1, 0.15) is 5.56 Å². The molecule has 0 atom stereocenters. The Balaban J connectivity index is 2.88. The largest absolute Gasteiger partial charge is 0.372 e. The molecule has 0 saturated heterocycles. The van der Waals surface area contributed by atoms with Crippen LogP contribution in [0.2, 0.25) is 0 Å². The lowest BCUT2D eigenvalue weighted by Gasteiger charge is -2.19. The van der Waals surface area contributed by atoms with Crippen LogP contribution in [-0.2, 0) is 0 Å². The van der Waals surface area contributed by atoms with E-state index in [0.717, 1.165) is 11.0 Å². The number of benzene rings is 1. The standard InChI is InChI=1S/C10H13BrClN/c1-8-3-4-10(9(11)7-8)13(2)6-5-12/h3-4,7H,5-6H2,1-2H3. The van der Waals surface area contributed by atoms with Crippen LogP contribution in [0.5, 0.6) is 0 Å². The fourth-order valence-electron chi connectivity index (χ4n) is 1.17. The molecule has 0 fully saturated rings. The Morgan fingerprint density at radius 3 is 2.69 bits per heavy atom. The lowest BCUT2D eigenvalue weighted by atomic mass is 10.2. The predicted molar refractivity (Wildman–Crippen MR) is 62.9 cm³/mol. The fourth-order valence-corrected chi connectivity index (χ4v) is 2.22. The number of alkyl halides is 1. The summed E-state index contributed by atoms with van der Waals surface area (Å²) in [7, 11) is 2.04. The first kappa shape index (κ1) is 10.9. The number of rotatable bonds is 3. The molecule has 13 heavy (non-hydrogen) atoms. The van der Waals surface area contributed by atoms with E-state index in [-0.39, 0.29) is 0 Å². The second-order valence-corrected chi connectivity index (χ2v) is 4.30. The maximum Gasteiger partial charge on any atom is 0.0508 e. The number of hydrogen-bond donors (Lipinski definition) is 0. The predicted octanol–water partition coefficient (Wildman–Crippen LogP) is 3.43. The van der Waals surface area contributed by atoms with Crippen molar-refractivity contribution in [2.75, 3.05) is 24.4 Å². The SMILES string of the molecule is Cc1ccc(N(C)CCCl)c(Br)c1. The summed E-state index contributed by atoms with van der Waals surface area (Å²) < 4.78 is 1.13. The molecule has 0 aliphatic heterocycles. The molecule has 0 heterocycles. The normalized spacial score (nSPS) is 10.2. The monoisotopic (exact) mass is 261 g/mol. The molecule has 72 valence electrons. The topological polar surface area (TPSA) is 3.24 Å². The highest BCUT2D eigenvalue weighted by atomic mass is 79.9. The molecular formula is C10H13BrClN. The molecular weight excluding hydrogens is 249 g/mol. The first-order chi connectivity index (χ1) is 6.15. The molecule has 3 heteroatoms. The van der Waals surface area contributed by atoms with Gasteiger partial charge in [0.1, 0.15) is 0 Å². The van der Waals surface area contributed by atoms with Crippen molar-refractivity contribution in [2.24, 2.45) is 0 Å². The summed E-state index contributed by atoms with van der Waals surface area (Å²) in [6.45, 7) is 2.94. The van der Waals surface area contributed by atoms with Crippen LogP contribution < -0.4 is 4.90 Å². The van der Waals surface area contributed by atoms with E-state index in [1.807, 2.05) is 7.05 Å². The van der Waals surface area contributed by atoms with E-state index >= 15 is 0 Å². The molecule has 1 nitrogen and oxygen atoms in total. The third-order valence-electron chi connectivity index (χ3n) is 1.93. The Kier molecular flexibility index (Phi) is 4.07. The van der Waals surface area contributed by atoms with Crippen molar-refractivity contribution in [3.8, 4) is 0 Å². The van der Waals surface area contributed by atoms with Crippen molar-refractivity contribution < 1.29 is 0 Å². The van der Waals surface area contributed by atoms with Crippen molar-refractivity contribution in [3.63, 3.8) is 0 Å². The third-order valence-corrected chi connectivity index (χ3v) is 2.74. The molecule has 0 radical (unpaired) electrons. The Bertz CT molecular complexity index is 288. The minimum Gasteiger partial charge on any atom is -0.372 e. The van der Waals surface area contributed by atoms with Gasteiger partial charge in [-0.25, -0.2) is 0 Å². The molecule has 1 rings (SSSR count). The molecule has 0 N–H and O–H groups in total. The van der Waals surface area contributed by atoms with Crippen LogP contribution in [0.25, 0.3) is 0 Å². The molecule has 0 amide bonds. The van der Waals surface area contributed by atoms with Gasteiger partial charge < -0.3 is 4.90 Å². The quantitative estimate of drug-likeness (QED) is 0.755. The highest BCUT2D eigenvalue weighted by Crippen LogP contribution is 2.26. The Morgan fingerprint density at radius 1 is 1.46 bits per heavy atom. The Hall–Kier alpha value is -0.210. The minimum atomic E-state index is 0.650. The number of nitrogens with zero attached hydrogens (tertiary/aromatic N) is 1. The van der Waals surface area contributed by atoms with Crippen molar-refractivity contribution in [3.05, 3.63) is 28.2 Å². The number of aryl methyl sites for hydroxylation is 1. The van der Waals surface area contributed by atoms with E-state index in [4.69, 9.17) is 11.6 Å². The van der Waals surface area contributed by atoms with E-state index in [1.165, 1.54) is 11.3 Å². The molecule has 1 aromatic rings. The summed E-state index contributed by atoms with van der Waals surface area (Å²) in [6, 6.07) is 6.32. The zero-order valence-corrected chi connectivity index (χ0v) is 10.2. The van der Waals surface area contributed by atoms with E-state index in [9.17, 15) is 0 Å². The summed E-state index contributed by atoms with van der Waals surface area (Å²) in [5, 5.41) is 0. The highest BCUT2D eigenvalue weighted by Gasteiger charge is 2.04. The summed E-state index contributed by atoms with van der Waals surface area (Å²) in [6.07, 6.45) is 0. The van der Waals surface area contributed by atoms with E-state index in [2.05, 4.69) is 46.0 Å².